The topological polar surface area (TPSA) is 116 Å². The van der Waals surface area contributed by atoms with Crippen molar-refractivity contribution in [3.8, 4) is 0 Å². The highest BCUT2D eigenvalue weighted by Crippen LogP contribution is 2.29. The fourth-order valence-electron chi connectivity index (χ4n) is 3.16. The van der Waals surface area contributed by atoms with E-state index >= 15 is 0 Å². The summed E-state index contributed by atoms with van der Waals surface area (Å²) in [5.74, 6) is -0.0684. The maximum absolute atomic E-state index is 12.8. The fourth-order valence-corrected chi connectivity index (χ4v) is 4.79. The van der Waals surface area contributed by atoms with Crippen LogP contribution in [0.25, 0.3) is 0 Å². The second-order valence-corrected chi connectivity index (χ2v) is 8.78. The van der Waals surface area contributed by atoms with E-state index in [2.05, 4.69) is 20.2 Å². The van der Waals surface area contributed by atoms with Crippen LogP contribution in [0, 0.1) is 34.6 Å². The predicted octanol–water partition coefficient (Wildman–Crippen LogP) is 2.04. The molecule has 1 aromatic carbocycles. The van der Waals surface area contributed by atoms with Crippen LogP contribution in [0.1, 0.15) is 53.4 Å². The molecule has 10 heteroatoms. The number of esters is 1. The van der Waals surface area contributed by atoms with Gasteiger partial charge in [0.05, 0.1) is 11.3 Å². The molecular weight excluding hydrogens is 394 g/mol. The third-order valence-corrected chi connectivity index (χ3v) is 6.96. The normalized spacial score (nSPS) is 11.7. The van der Waals surface area contributed by atoms with E-state index in [0.29, 0.717) is 12.4 Å². The molecule has 1 heterocycles. The molecule has 0 unspecified atom stereocenters. The number of carbonyl (C=O) groups is 1. The molecule has 1 aromatic heterocycles. The lowest BCUT2D eigenvalue weighted by Crippen LogP contribution is -2.28. The molecule has 0 aliphatic carbocycles. The fraction of sp³-hybridized carbons (Fsp3) is 0.579. The van der Waals surface area contributed by atoms with Gasteiger partial charge in [0, 0.05) is 13.1 Å². The number of benzene rings is 1. The summed E-state index contributed by atoms with van der Waals surface area (Å²) in [5, 5.41) is 11.2. The molecule has 2 rings (SSSR count). The second-order valence-electron chi connectivity index (χ2n) is 7.08. The van der Waals surface area contributed by atoms with Crippen molar-refractivity contribution < 1.29 is 17.9 Å². The SMILES string of the molecule is CCCn1nnnc1COC(=O)CCNS(=O)(=O)c1c(C)c(C)c(C)c(C)c1C. The average molecular weight is 424 g/mol. The summed E-state index contributed by atoms with van der Waals surface area (Å²) in [6.07, 6.45) is 0.765. The minimum absolute atomic E-state index is 0.0485. The van der Waals surface area contributed by atoms with Crippen LogP contribution in [-0.4, -0.2) is 41.1 Å². The summed E-state index contributed by atoms with van der Waals surface area (Å²) in [4.78, 5) is 12.3. The number of nitrogens with zero attached hydrogens (tertiary/aromatic N) is 4. The lowest BCUT2D eigenvalue weighted by Gasteiger charge is -2.19. The summed E-state index contributed by atoms with van der Waals surface area (Å²) in [6.45, 7) is 12.0. The van der Waals surface area contributed by atoms with Gasteiger partial charge in [0.1, 0.15) is 0 Å². The number of nitrogens with one attached hydrogen (secondary N) is 1. The summed E-state index contributed by atoms with van der Waals surface area (Å²) in [6, 6.07) is 0. The molecule has 0 aliphatic heterocycles. The van der Waals surface area contributed by atoms with E-state index in [4.69, 9.17) is 4.74 Å². The van der Waals surface area contributed by atoms with E-state index in [1.54, 1.807) is 18.5 Å². The maximum Gasteiger partial charge on any atom is 0.307 e. The first-order chi connectivity index (χ1) is 13.6. The highest BCUT2D eigenvalue weighted by atomic mass is 32.2. The van der Waals surface area contributed by atoms with Gasteiger partial charge in [0.15, 0.2) is 12.4 Å². The standard InChI is InChI=1S/C19H29N5O4S/c1-7-10-24-17(21-22-23-24)11-28-18(25)8-9-20-29(26,27)19-15(5)13(3)12(2)14(4)16(19)6/h20H,7-11H2,1-6H3. The average Bonchev–Trinajstić information content (AvgIpc) is 3.10. The first-order valence-electron chi connectivity index (χ1n) is 9.57. The van der Waals surface area contributed by atoms with Crippen molar-refractivity contribution in [1.82, 2.24) is 24.9 Å². The third-order valence-electron chi connectivity index (χ3n) is 5.22. The summed E-state index contributed by atoms with van der Waals surface area (Å²) in [7, 11) is -3.75. The Kier molecular flexibility index (Phi) is 7.48. The molecule has 9 nitrogen and oxygen atoms in total. The zero-order valence-electron chi connectivity index (χ0n) is 17.9. The molecule has 0 bridgehead atoms. The Hall–Kier alpha value is -2.33. The van der Waals surface area contributed by atoms with Gasteiger partial charge in [-0.05, 0) is 79.3 Å². The van der Waals surface area contributed by atoms with Gasteiger partial charge in [0.2, 0.25) is 10.0 Å². The van der Waals surface area contributed by atoms with Gasteiger partial charge in [-0.15, -0.1) is 5.10 Å². The van der Waals surface area contributed by atoms with Crippen molar-refractivity contribution in [2.45, 2.75) is 72.4 Å². The Morgan fingerprint density at radius 3 is 2.21 bits per heavy atom. The van der Waals surface area contributed by atoms with Gasteiger partial charge >= 0.3 is 5.97 Å². The van der Waals surface area contributed by atoms with Crippen LogP contribution in [-0.2, 0) is 32.7 Å². The summed E-state index contributed by atoms with van der Waals surface area (Å²) >= 11 is 0. The van der Waals surface area contributed by atoms with Crippen molar-refractivity contribution in [3.63, 3.8) is 0 Å². The van der Waals surface area contributed by atoms with E-state index in [1.807, 2.05) is 27.7 Å². The number of carbonyl (C=O) groups excluding carboxylic acids is 1. The van der Waals surface area contributed by atoms with Crippen molar-refractivity contribution in [1.29, 1.82) is 0 Å². The first-order valence-corrected chi connectivity index (χ1v) is 11.1. The highest BCUT2D eigenvalue weighted by molar-refractivity contribution is 7.89. The Bertz CT molecular complexity index is 969. The molecule has 0 saturated carbocycles. The molecule has 0 radical (unpaired) electrons. The number of rotatable bonds is 9. The molecule has 0 aliphatic rings. The van der Waals surface area contributed by atoms with Crippen LogP contribution in [0.5, 0.6) is 0 Å². The van der Waals surface area contributed by atoms with Crippen molar-refractivity contribution in [2.75, 3.05) is 6.54 Å². The highest BCUT2D eigenvalue weighted by Gasteiger charge is 2.23. The summed E-state index contributed by atoms with van der Waals surface area (Å²) in [5.41, 5.74) is 4.45. The van der Waals surface area contributed by atoms with E-state index in [0.717, 1.165) is 34.2 Å². The lowest BCUT2D eigenvalue weighted by atomic mass is 9.95. The van der Waals surface area contributed by atoms with Crippen molar-refractivity contribution in [2.24, 2.45) is 0 Å². The van der Waals surface area contributed by atoms with E-state index in [-0.39, 0.29) is 24.5 Å². The molecule has 0 saturated heterocycles. The molecule has 29 heavy (non-hydrogen) atoms. The maximum atomic E-state index is 12.8. The monoisotopic (exact) mass is 423 g/mol. The zero-order chi connectivity index (χ0) is 21.8. The molecule has 0 amide bonds. The van der Waals surface area contributed by atoms with Crippen LogP contribution in [0.3, 0.4) is 0 Å². The van der Waals surface area contributed by atoms with E-state index < -0.39 is 16.0 Å². The Balaban J connectivity index is 1.98. The minimum Gasteiger partial charge on any atom is -0.457 e. The van der Waals surface area contributed by atoms with Crippen LogP contribution >= 0.6 is 0 Å². The quantitative estimate of drug-likeness (QED) is 0.614. The zero-order valence-corrected chi connectivity index (χ0v) is 18.7. The minimum atomic E-state index is -3.75. The molecule has 0 fully saturated rings. The van der Waals surface area contributed by atoms with Gasteiger partial charge < -0.3 is 4.74 Å². The Morgan fingerprint density at radius 1 is 1.03 bits per heavy atom. The molecular formula is C19H29N5O4S. The number of hydrogen-bond acceptors (Lipinski definition) is 7. The summed E-state index contributed by atoms with van der Waals surface area (Å²) < 4.78 is 34.9. The van der Waals surface area contributed by atoms with Crippen LogP contribution in [0.4, 0.5) is 0 Å². The number of ether oxygens (including phenoxy) is 1. The number of aromatic nitrogens is 4. The predicted molar refractivity (Wildman–Crippen MR) is 108 cm³/mol. The Morgan fingerprint density at radius 2 is 1.62 bits per heavy atom. The second kappa shape index (κ2) is 9.45. The molecule has 0 spiro atoms. The van der Waals surface area contributed by atoms with E-state index in [1.165, 1.54) is 0 Å². The number of hydrogen-bond donors (Lipinski definition) is 1. The smallest absolute Gasteiger partial charge is 0.307 e. The van der Waals surface area contributed by atoms with Crippen LogP contribution in [0.15, 0.2) is 4.90 Å². The number of aryl methyl sites for hydroxylation is 1. The van der Waals surface area contributed by atoms with Gasteiger partial charge in [-0.1, -0.05) is 6.92 Å². The number of sulfonamides is 1. The van der Waals surface area contributed by atoms with Gasteiger partial charge in [-0.3, -0.25) is 4.79 Å². The largest absolute Gasteiger partial charge is 0.457 e. The van der Waals surface area contributed by atoms with Crippen molar-refractivity contribution in [3.05, 3.63) is 33.6 Å². The first kappa shape index (κ1) is 23.0. The number of tetrazole rings is 1. The van der Waals surface area contributed by atoms with Crippen LogP contribution < -0.4 is 4.72 Å². The van der Waals surface area contributed by atoms with Gasteiger partial charge in [-0.2, -0.15) is 0 Å². The molecule has 1 N–H and O–H groups in total. The van der Waals surface area contributed by atoms with Crippen molar-refractivity contribution >= 4 is 16.0 Å². The van der Waals surface area contributed by atoms with Crippen LogP contribution in [0.2, 0.25) is 0 Å². The Labute approximate surface area is 171 Å². The molecule has 2 aromatic rings. The molecule has 160 valence electrons. The van der Waals surface area contributed by atoms with Gasteiger partial charge in [0.25, 0.3) is 0 Å². The lowest BCUT2D eigenvalue weighted by molar-refractivity contribution is -0.145. The van der Waals surface area contributed by atoms with E-state index in [9.17, 15) is 13.2 Å². The van der Waals surface area contributed by atoms with Gasteiger partial charge in [-0.25, -0.2) is 17.8 Å². The third kappa shape index (κ3) is 5.18. The molecule has 0 atom stereocenters.